The van der Waals surface area contributed by atoms with Crippen molar-refractivity contribution in [2.24, 2.45) is 10.2 Å². The van der Waals surface area contributed by atoms with Crippen LogP contribution in [0.5, 0.6) is 0 Å². The predicted molar refractivity (Wildman–Crippen MR) is 135 cm³/mol. The van der Waals surface area contributed by atoms with E-state index in [0.717, 1.165) is 48.4 Å². The zero-order valence-electron chi connectivity index (χ0n) is 19.8. The summed E-state index contributed by atoms with van der Waals surface area (Å²) in [4.78, 5) is 18.9. The van der Waals surface area contributed by atoms with Crippen molar-refractivity contribution in [3.63, 3.8) is 0 Å². The molecule has 0 radical (unpaired) electrons. The Kier molecular flexibility index (Phi) is 10.5. The molecule has 0 bridgehead atoms. The van der Waals surface area contributed by atoms with Crippen molar-refractivity contribution in [1.82, 2.24) is 4.98 Å². The Morgan fingerprint density at radius 2 is 2.12 bits per heavy atom. The number of thiazole rings is 1. The Morgan fingerprint density at radius 3 is 2.73 bits per heavy atom. The molecule has 0 spiro atoms. The van der Waals surface area contributed by atoms with Crippen LogP contribution in [0.25, 0.3) is 6.08 Å². The quantitative estimate of drug-likeness (QED) is 0.142. The molecule has 1 aromatic heterocycles. The maximum Gasteiger partial charge on any atom is 0.348 e. The first kappa shape index (κ1) is 26.5. The molecule has 0 aliphatic carbocycles. The maximum absolute atomic E-state index is 11.8. The Balaban J connectivity index is 2.24. The van der Waals surface area contributed by atoms with Crippen molar-refractivity contribution < 1.29 is 9.53 Å². The highest BCUT2D eigenvalue weighted by Gasteiger charge is 2.15. The molecule has 33 heavy (non-hydrogen) atoms. The van der Waals surface area contributed by atoms with Gasteiger partial charge < -0.3 is 9.64 Å². The number of carbonyl (C=O) groups is 1. The van der Waals surface area contributed by atoms with Gasteiger partial charge in [-0.25, -0.2) is 9.78 Å². The lowest BCUT2D eigenvalue weighted by atomic mass is 10.1. The molecule has 2 aromatic rings. The first-order valence-corrected chi connectivity index (χ1v) is 12.3. The summed E-state index contributed by atoms with van der Waals surface area (Å²) >= 11 is 7.31. The fourth-order valence-electron chi connectivity index (χ4n) is 3.09. The molecular formula is C24H30ClN5O2S. The second-order valence-corrected chi connectivity index (χ2v) is 8.88. The summed E-state index contributed by atoms with van der Waals surface area (Å²) in [6.07, 6.45) is 4.74. The van der Waals surface area contributed by atoms with E-state index in [1.54, 1.807) is 6.92 Å². The van der Waals surface area contributed by atoms with Crippen LogP contribution < -0.4 is 4.90 Å². The summed E-state index contributed by atoms with van der Waals surface area (Å²) in [5.41, 5.74) is 2.79. The highest BCUT2D eigenvalue weighted by atomic mass is 35.5. The van der Waals surface area contributed by atoms with Crippen molar-refractivity contribution in [1.29, 1.82) is 5.26 Å². The van der Waals surface area contributed by atoms with Gasteiger partial charge in [-0.15, -0.1) is 10.2 Å². The molecular weight excluding hydrogens is 458 g/mol. The maximum atomic E-state index is 11.8. The standard InChI is InChI=1S/C24H30ClN5O2S/c1-6-9-12-30(17(5)7-2)19-10-11-20(16(4)13-19)28-29-24-27-22(25)21(33-24)14-18(15-26)23(31)32-8-3/h10-11,13-14,17H,6-9,12H2,1-5H3. The van der Waals surface area contributed by atoms with Gasteiger partial charge in [0.05, 0.1) is 17.2 Å². The molecule has 0 aliphatic rings. The minimum absolute atomic E-state index is 0.147. The zero-order valence-corrected chi connectivity index (χ0v) is 21.3. The Bertz CT molecular complexity index is 1060. The average Bonchev–Trinajstić information content (AvgIpc) is 3.15. The lowest BCUT2D eigenvalue weighted by Gasteiger charge is -2.31. The van der Waals surface area contributed by atoms with E-state index in [-0.39, 0.29) is 17.3 Å². The zero-order chi connectivity index (χ0) is 24.4. The number of rotatable bonds is 11. The first-order valence-electron chi connectivity index (χ1n) is 11.1. The number of aryl methyl sites for hydroxylation is 1. The summed E-state index contributed by atoms with van der Waals surface area (Å²) in [6, 6.07) is 8.45. The van der Waals surface area contributed by atoms with Crippen LogP contribution in [0.3, 0.4) is 0 Å². The monoisotopic (exact) mass is 487 g/mol. The Morgan fingerprint density at radius 1 is 1.36 bits per heavy atom. The number of ether oxygens (including phenoxy) is 1. The van der Waals surface area contributed by atoms with Gasteiger partial charge in [-0.05, 0) is 63.5 Å². The van der Waals surface area contributed by atoms with Crippen molar-refractivity contribution in [2.45, 2.75) is 59.9 Å². The summed E-state index contributed by atoms with van der Waals surface area (Å²) in [5, 5.41) is 18.2. The fourth-order valence-corrected chi connectivity index (χ4v) is 4.11. The third-order valence-corrected chi connectivity index (χ3v) is 6.41. The molecule has 1 aromatic carbocycles. The van der Waals surface area contributed by atoms with Crippen LogP contribution in [0.1, 0.15) is 57.4 Å². The van der Waals surface area contributed by atoms with Crippen LogP contribution in [0.4, 0.5) is 16.5 Å². The molecule has 0 N–H and O–H groups in total. The molecule has 1 unspecified atom stereocenters. The fraction of sp³-hybridized carbons (Fsp3) is 0.458. The third-order valence-electron chi connectivity index (χ3n) is 5.12. The summed E-state index contributed by atoms with van der Waals surface area (Å²) < 4.78 is 4.87. The molecule has 2 rings (SSSR count). The van der Waals surface area contributed by atoms with Crippen molar-refractivity contribution in [2.75, 3.05) is 18.1 Å². The minimum Gasteiger partial charge on any atom is -0.462 e. The van der Waals surface area contributed by atoms with E-state index < -0.39 is 5.97 Å². The van der Waals surface area contributed by atoms with Crippen molar-refractivity contribution >= 4 is 51.5 Å². The molecule has 1 heterocycles. The SMILES string of the molecule is CCCCN(c1ccc(N=Nc2nc(Cl)c(C=C(C#N)C(=O)OCC)s2)c(C)c1)C(C)CC. The second-order valence-electron chi connectivity index (χ2n) is 7.52. The van der Waals surface area contributed by atoms with E-state index >= 15 is 0 Å². The number of benzene rings is 1. The number of nitrogens with zero attached hydrogens (tertiary/aromatic N) is 5. The molecule has 0 aliphatic heterocycles. The minimum atomic E-state index is -0.700. The van der Waals surface area contributed by atoms with Gasteiger partial charge in [0, 0.05) is 18.3 Å². The first-order chi connectivity index (χ1) is 15.8. The van der Waals surface area contributed by atoms with Crippen LogP contribution in [0.15, 0.2) is 34.0 Å². The van der Waals surface area contributed by atoms with Gasteiger partial charge in [-0.1, -0.05) is 43.2 Å². The van der Waals surface area contributed by atoms with Crippen molar-refractivity contribution in [3.8, 4) is 6.07 Å². The van der Waals surface area contributed by atoms with Gasteiger partial charge in [0.25, 0.3) is 0 Å². The topological polar surface area (TPSA) is 90.9 Å². The number of hydrogen-bond donors (Lipinski definition) is 0. The van der Waals surface area contributed by atoms with Crippen LogP contribution in [-0.2, 0) is 9.53 Å². The van der Waals surface area contributed by atoms with Gasteiger partial charge in [0.2, 0.25) is 5.13 Å². The van der Waals surface area contributed by atoms with Crippen LogP contribution in [0, 0.1) is 18.3 Å². The highest BCUT2D eigenvalue weighted by Crippen LogP contribution is 2.33. The molecule has 0 saturated carbocycles. The van der Waals surface area contributed by atoms with E-state index in [1.807, 2.05) is 19.1 Å². The van der Waals surface area contributed by atoms with E-state index in [4.69, 9.17) is 16.3 Å². The van der Waals surface area contributed by atoms with E-state index in [1.165, 1.54) is 11.8 Å². The third kappa shape index (κ3) is 7.37. The summed E-state index contributed by atoms with van der Waals surface area (Å²) in [7, 11) is 0. The van der Waals surface area contributed by atoms with Crippen LogP contribution in [0.2, 0.25) is 5.15 Å². The van der Waals surface area contributed by atoms with E-state index in [9.17, 15) is 10.1 Å². The molecule has 1 atom stereocenters. The summed E-state index contributed by atoms with van der Waals surface area (Å²) in [5.74, 6) is -0.700. The molecule has 0 fully saturated rings. The average molecular weight is 488 g/mol. The number of carbonyl (C=O) groups excluding carboxylic acids is 1. The lowest BCUT2D eigenvalue weighted by molar-refractivity contribution is -0.137. The van der Waals surface area contributed by atoms with E-state index in [0.29, 0.717) is 16.1 Å². The molecule has 0 amide bonds. The second kappa shape index (κ2) is 13.1. The van der Waals surface area contributed by atoms with Gasteiger partial charge >= 0.3 is 5.97 Å². The molecule has 0 saturated heterocycles. The molecule has 176 valence electrons. The largest absolute Gasteiger partial charge is 0.462 e. The number of azo groups is 1. The number of nitriles is 1. The molecule has 9 heteroatoms. The highest BCUT2D eigenvalue weighted by molar-refractivity contribution is 7.16. The normalized spacial score (nSPS) is 12.6. The lowest BCUT2D eigenvalue weighted by Crippen LogP contribution is -2.33. The number of anilines is 1. The molecule has 7 nitrogen and oxygen atoms in total. The Labute approximate surface area is 204 Å². The van der Waals surface area contributed by atoms with Crippen LogP contribution in [-0.4, -0.2) is 30.1 Å². The predicted octanol–water partition coefficient (Wildman–Crippen LogP) is 7.40. The number of esters is 1. The van der Waals surface area contributed by atoms with E-state index in [2.05, 4.69) is 53.0 Å². The van der Waals surface area contributed by atoms with Gasteiger partial charge in [0.15, 0.2) is 0 Å². The smallest absolute Gasteiger partial charge is 0.348 e. The van der Waals surface area contributed by atoms with Gasteiger partial charge in [-0.3, -0.25) is 0 Å². The number of unbranched alkanes of at least 4 members (excludes halogenated alkanes) is 1. The Hall–Kier alpha value is -2.76. The van der Waals surface area contributed by atoms with Crippen LogP contribution >= 0.6 is 22.9 Å². The summed E-state index contributed by atoms with van der Waals surface area (Å²) in [6.45, 7) is 11.5. The number of hydrogen-bond acceptors (Lipinski definition) is 8. The number of halogens is 1. The number of aromatic nitrogens is 1. The van der Waals surface area contributed by atoms with Crippen molar-refractivity contribution in [3.05, 3.63) is 39.4 Å². The van der Waals surface area contributed by atoms with Gasteiger partial charge in [0.1, 0.15) is 16.8 Å². The van der Waals surface area contributed by atoms with Gasteiger partial charge in [-0.2, -0.15) is 5.26 Å².